The van der Waals surface area contributed by atoms with E-state index in [2.05, 4.69) is 9.80 Å². The number of rotatable bonds is 7. The minimum Gasteiger partial charge on any atom is -0.507 e. The molecule has 1 atom stereocenters. The van der Waals surface area contributed by atoms with Crippen molar-refractivity contribution in [1.29, 1.82) is 0 Å². The molecule has 2 aromatic carbocycles. The Morgan fingerprint density at radius 1 is 0.938 bits per heavy atom. The Morgan fingerprint density at radius 3 is 2.19 bits per heavy atom. The van der Waals surface area contributed by atoms with E-state index in [-0.39, 0.29) is 24.0 Å². The highest BCUT2D eigenvalue weighted by atomic mass is 16.3. The van der Waals surface area contributed by atoms with Gasteiger partial charge in [-0.3, -0.25) is 14.6 Å². The molecule has 0 unspecified atom stereocenters. The van der Waals surface area contributed by atoms with Gasteiger partial charge in [-0.1, -0.05) is 60.7 Å². The van der Waals surface area contributed by atoms with Crippen molar-refractivity contribution in [3.63, 3.8) is 0 Å². The van der Waals surface area contributed by atoms with Gasteiger partial charge in [-0.25, -0.2) is 0 Å². The van der Waals surface area contributed by atoms with Crippen LogP contribution in [-0.2, 0) is 6.54 Å². The van der Waals surface area contributed by atoms with E-state index >= 15 is 0 Å². The molecule has 0 amide bonds. The molecule has 4 rings (SSSR count). The number of aryl methyl sites for hydroxylation is 1. The van der Waals surface area contributed by atoms with Crippen LogP contribution in [0.1, 0.15) is 28.4 Å². The topological polar surface area (TPSA) is 68.9 Å². The van der Waals surface area contributed by atoms with Gasteiger partial charge in [-0.05, 0) is 24.1 Å². The third-order valence-electron chi connectivity index (χ3n) is 6.28. The molecular weight excluding hydrogens is 402 g/mol. The van der Waals surface area contributed by atoms with E-state index in [9.17, 15) is 15.0 Å². The minimum absolute atomic E-state index is 0.0449. The molecule has 1 aliphatic rings. The van der Waals surface area contributed by atoms with Crippen molar-refractivity contribution < 1.29 is 10.2 Å². The number of nitrogens with zero attached hydrogens (tertiary/aromatic N) is 3. The summed E-state index contributed by atoms with van der Waals surface area (Å²) in [5.74, 6) is 0.0449. The van der Waals surface area contributed by atoms with Crippen molar-refractivity contribution in [1.82, 2.24) is 14.4 Å². The standard InChI is InChI=1S/C26H31N3O3/c1-20-18-23(31)24(26(32)29(20)19-21-8-4-2-5-9-21)25(22-10-6-3-7-11-22)28-14-12-27(13-15-28)16-17-30/h2-11,18,25,30-31H,12-17,19H2,1H3/t25-/m0/s1. The first-order chi connectivity index (χ1) is 15.6. The number of pyridine rings is 1. The molecule has 0 saturated carbocycles. The van der Waals surface area contributed by atoms with Crippen LogP contribution < -0.4 is 5.56 Å². The van der Waals surface area contributed by atoms with Gasteiger partial charge in [0.15, 0.2) is 0 Å². The molecule has 168 valence electrons. The minimum atomic E-state index is -0.331. The van der Waals surface area contributed by atoms with Crippen molar-refractivity contribution in [3.05, 3.63) is 99.5 Å². The second-order valence-electron chi connectivity index (χ2n) is 8.38. The number of hydrogen-bond acceptors (Lipinski definition) is 5. The Morgan fingerprint density at radius 2 is 1.56 bits per heavy atom. The molecule has 0 radical (unpaired) electrons. The quantitative estimate of drug-likeness (QED) is 0.600. The summed E-state index contributed by atoms with van der Waals surface area (Å²) in [5.41, 5.74) is 3.04. The van der Waals surface area contributed by atoms with Crippen LogP contribution in [0, 0.1) is 6.92 Å². The molecule has 2 heterocycles. The van der Waals surface area contributed by atoms with Crippen LogP contribution in [0.5, 0.6) is 5.75 Å². The summed E-state index contributed by atoms with van der Waals surface area (Å²) >= 11 is 0. The largest absolute Gasteiger partial charge is 0.507 e. The fourth-order valence-electron chi connectivity index (χ4n) is 4.57. The van der Waals surface area contributed by atoms with Crippen molar-refractivity contribution in [2.45, 2.75) is 19.5 Å². The molecule has 2 N–H and O–H groups in total. The molecule has 32 heavy (non-hydrogen) atoms. The van der Waals surface area contributed by atoms with Crippen molar-refractivity contribution in [3.8, 4) is 5.75 Å². The number of aromatic hydroxyl groups is 1. The maximum Gasteiger partial charge on any atom is 0.259 e. The first-order valence-electron chi connectivity index (χ1n) is 11.2. The lowest BCUT2D eigenvalue weighted by Gasteiger charge is -2.39. The third-order valence-corrected chi connectivity index (χ3v) is 6.28. The van der Waals surface area contributed by atoms with Gasteiger partial charge in [0.2, 0.25) is 0 Å². The molecule has 6 heteroatoms. The SMILES string of the molecule is Cc1cc(O)c([C@H](c2ccccc2)N2CCN(CCO)CC2)c(=O)n1Cc1ccccc1. The van der Waals surface area contributed by atoms with Crippen LogP contribution >= 0.6 is 0 Å². The van der Waals surface area contributed by atoms with Gasteiger partial charge in [-0.15, -0.1) is 0 Å². The third kappa shape index (κ3) is 4.78. The summed E-state index contributed by atoms with van der Waals surface area (Å²) in [6, 6.07) is 21.2. The number of aliphatic hydroxyl groups is 1. The zero-order chi connectivity index (χ0) is 22.5. The second kappa shape index (κ2) is 10.1. The van der Waals surface area contributed by atoms with Crippen LogP contribution in [-0.4, -0.2) is 63.9 Å². The average Bonchev–Trinajstić information content (AvgIpc) is 2.81. The van der Waals surface area contributed by atoms with Crippen LogP contribution in [0.2, 0.25) is 0 Å². The fourth-order valence-corrected chi connectivity index (χ4v) is 4.57. The monoisotopic (exact) mass is 433 g/mol. The molecule has 1 aliphatic heterocycles. The molecule has 1 saturated heterocycles. The molecule has 1 aromatic heterocycles. The van der Waals surface area contributed by atoms with Crippen molar-refractivity contribution in [2.75, 3.05) is 39.3 Å². The summed E-state index contributed by atoms with van der Waals surface area (Å²) in [5, 5.41) is 20.2. The van der Waals surface area contributed by atoms with Gasteiger partial charge < -0.3 is 14.8 Å². The van der Waals surface area contributed by atoms with Gasteiger partial charge in [-0.2, -0.15) is 0 Å². The molecular formula is C26H31N3O3. The van der Waals surface area contributed by atoms with Crippen LogP contribution in [0.4, 0.5) is 0 Å². The van der Waals surface area contributed by atoms with Crippen molar-refractivity contribution >= 4 is 0 Å². The van der Waals surface area contributed by atoms with Gasteiger partial charge in [0.1, 0.15) is 5.75 Å². The number of aromatic nitrogens is 1. The number of β-amino-alcohol motifs (C(OH)–C–C–N with tert-alkyl or cyclic N) is 1. The van der Waals surface area contributed by atoms with Crippen molar-refractivity contribution in [2.24, 2.45) is 0 Å². The van der Waals surface area contributed by atoms with Crippen LogP contribution in [0.15, 0.2) is 71.5 Å². The fraction of sp³-hybridized carbons (Fsp3) is 0.346. The molecule has 0 aliphatic carbocycles. The van der Waals surface area contributed by atoms with E-state index in [1.807, 2.05) is 67.6 Å². The number of piperazine rings is 1. The van der Waals surface area contributed by atoms with E-state index in [0.717, 1.165) is 43.0 Å². The van der Waals surface area contributed by atoms with Gasteiger partial charge in [0.25, 0.3) is 5.56 Å². The number of aliphatic hydroxyl groups excluding tert-OH is 1. The molecule has 0 spiro atoms. The lowest BCUT2D eigenvalue weighted by Crippen LogP contribution is -2.49. The van der Waals surface area contributed by atoms with Crippen LogP contribution in [0.3, 0.4) is 0 Å². The smallest absolute Gasteiger partial charge is 0.259 e. The Labute approximate surface area is 189 Å². The Bertz CT molecular complexity index is 1070. The first kappa shape index (κ1) is 22.3. The number of hydrogen-bond donors (Lipinski definition) is 2. The summed E-state index contributed by atoms with van der Waals surface area (Å²) in [6.45, 7) is 6.26. The highest BCUT2D eigenvalue weighted by Crippen LogP contribution is 2.33. The highest BCUT2D eigenvalue weighted by Gasteiger charge is 2.31. The molecule has 1 fully saturated rings. The Balaban J connectivity index is 1.76. The predicted octanol–water partition coefficient (Wildman–Crippen LogP) is 2.61. The van der Waals surface area contributed by atoms with Gasteiger partial charge in [0, 0.05) is 38.4 Å². The van der Waals surface area contributed by atoms with E-state index in [1.165, 1.54) is 0 Å². The lowest BCUT2D eigenvalue weighted by atomic mass is 9.96. The summed E-state index contributed by atoms with van der Waals surface area (Å²) in [4.78, 5) is 18.3. The molecule has 0 bridgehead atoms. The van der Waals surface area contributed by atoms with E-state index in [4.69, 9.17) is 0 Å². The lowest BCUT2D eigenvalue weighted by molar-refractivity contribution is 0.0932. The zero-order valence-corrected chi connectivity index (χ0v) is 18.5. The van der Waals surface area contributed by atoms with E-state index in [1.54, 1.807) is 10.6 Å². The Kier molecular flexibility index (Phi) is 7.05. The van der Waals surface area contributed by atoms with E-state index < -0.39 is 0 Å². The van der Waals surface area contributed by atoms with E-state index in [0.29, 0.717) is 18.7 Å². The van der Waals surface area contributed by atoms with Crippen LogP contribution in [0.25, 0.3) is 0 Å². The average molecular weight is 434 g/mol. The predicted molar refractivity (Wildman–Crippen MR) is 126 cm³/mol. The molecule has 3 aromatic rings. The summed E-state index contributed by atoms with van der Waals surface area (Å²) in [7, 11) is 0. The second-order valence-corrected chi connectivity index (χ2v) is 8.38. The van der Waals surface area contributed by atoms with Gasteiger partial charge in [0.05, 0.1) is 24.8 Å². The first-order valence-corrected chi connectivity index (χ1v) is 11.2. The maximum atomic E-state index is 13.8. The van der Waals surface area contributed by atoms with Gasteiger partial charge >= 0.3 is 0 Å². The highest BCUT2D eigenvalue weighted by molar-refractivity contribution is 5.41. The Hall–Kier alpha value is -2.93. The summed E-state index contributed by atoms with van der Waals surface area (Å²) < 4.78 is 1.75. The normalized spacial score (nSPS) is 16.2. The molecule has 6 nitrogen and oxygen atoms in total. The summed E-state index contributed by atoms with van der Waals surface area (Å²) in [6.07, 6.45) is 0. The number of benzene rings is 2. The maximum absolute atomic E-state index is 13.8. The zero-order valence-electron chi connectivity index (χ0n) is 18.5.